The second kappa shape index (κ2) is 12.6. The first-order valence-corrected chi connectivity index (χ1v) is 15.2. The predicted octanol–water partition coefficient (Wildman–Crippen LogP) is 5.19. The molecule has 2 aromatic rings. The van der Waals surface area contributed by atoms with Gasteiger partial charge in [0, 0.05) is 30.3 Å². The van der Waals surface area contributed by atoms with Crippen molar-refractivity contribution < 1.29 is 27.9 Å². The Hall–Kier alpha value is -2.82. The number of ether oxygens (including phenoxy) is 1. The number of fused-ring (bicyclic) bond motifs is 1. The topological polar surface area (TPSA) is 116 Å². The number of hydrogen-bond donors (Lipinski definition) is 2. The van der Waals surface area contributed by atoms with E-state index in [1.807, 2.05) is 35.2 Å². The number of amides is 1. The SMILES string of the molecule is CCOC(=O)N[C@@H](CCc1cc2c(cc1Cl)N(c1ccccc1)C[C@@H](C1CCCCC1)N(C)S2(=O)=O)C(=O)O. The van der Waals surface area contributed by atoms with Crippen molar-refractivity contribution in [2.24, 2.45) is 5.92 Å². The molecule has 1 heterocycles. The minimum absolute atomic E-state index is 0.00956. The molecule has 1 saturated carbocycles. The third kappa shape index (κ3) is 6.50. The molecule has 2 aliphatic rings. The summed E-state index contributed by atoms with van der Waals surface area (Å²) in [6.45, 7) is 2.23. The van der Waals surface area contributed by atoms with Crippen molar-refractivity contribution in [3.63, 3.8) is 0 Å². The Balaban J connectivity index is 1.73. The summed E-state index contributed by atoms with van der Waals surface area (Å²) in [5, 5.41) is 12.3. The van der Waals surface area contributed by atoms with Crippen LogP contribution < -0.4 is 10.2 Å². The minimum atomic E-state index is -3.89. The summed E-state index contributed by atoms with van der Waals surface area (Å²) in [5.74, 6) is -0.967. The average molecular weight is 578 g/mol. The smallest absolute Gasteiger partial charge is 0.407 e. The summed E-state index contributed by atoms with van der Waals surface area (Å²) >= 11 is 6.71. The maximum atomic E-state index is 14.1. The molecule has 39 heavy (non-hydrogen) atoms. The van der Waals surface area contributed by atoms with Crippen LogP contribution in [0.4, 0.5) is 16.2 Å². The number of sulfonamides is 1. The van der Waals surface area contributed by atoms with Gasteiger partial charge < -0.3 is 20.1 Å². The molecule has 2 N–H and O–H groups in total. The van der Waals surface area contributed by atoms with Crippen molar-refractivity contribution in [1.29, 1.82) is 0 Å². The molecule has 0 saturated heterocycles. The van der Waals surface area contributed by atoms with E-state index in [2.05, 4.69) is 5.32 Å². The van der Waals surface area contributed by atoms with Gasteiger partial charge in [-0.2, -0.15) is 4.31 Å². The molecule has 0 radical (unpaired) electrons. The van der Waals surface area contributed by atoms with Crippen LogP contribution in [0.5, 0.6) is 0 Å². The average Bonchev–Trinajstić information content (AvgIpc) is 3.00. The maximum absolute atomic E-state index is 14.1. The molecular weight excluding hydrogens is 542 g/mol. The first kappa shape index (κ1) is 29.2. The van der Waals surface area contributed by atoms with Gasteiger partial charge in [0.1, 0.15) is 10.9 Å². The second-order valence-corrected chi connectivity index (χ2v) is 12.5. The number of carboxylic acid groups (broad SMARTS) is 1. The molecule has 1 aliphatic heterocycles. The number of hydrogen-bond acceptors (Lipinski definition) is 6. The fourth-order valence-electron chi connectivity index (χ4n) is 5.62. The molecule has 212 valence electrons. The van der Waals surface area contributed by atoms with Gasteiger partial charge in [-0.3, -0.25) is 0 Å². The molecule has 0 aromatic heterocycles. The number of nitrogens with one attached hydrogen (secondary N) is 1. The van der Waals surface area contributed by atoms with Crippen LogP contribution in [0.25, 0.3) is 0 Å². The zero-order valence-electron chi connectivity index (χ0n) is 22.3. The Morgan fingerprint density at radius 3 is 2.49 bits per heavy atom. The van der Waals surface area contributed by atoms with Gasteiger partial charge >= 0.3 is 12.1 Å². The molecule has 0 unspecified atom stereocenters. The van der Waals surface area contributed by atoms with Crippen molar-refractivity contribution >= 4 is 45.1 Å². The summed E-state index contributed by atoms with van der Waals surface area (Å²) in [6.07, 6.45) is 4.65. The van der Waals surface area contributed by atoms with Gasteiger partial charge in [0.2, 0.25) is 10.0 Å². The standard InChI is InChI=1S/C28H36ClN3O6S/c1-3-38-28(35)30-23(27(33)34)15-14-20-16-26-24(17-22(20)29)32(21-12-8-5-9-13-21)18-25(31(2)39(26,36)37)19-10-6-4-7-11-19/h5,8-9,12-13,16-17,19,23,25H,3-4,6-7,10-11,14-15,18H2,1-2H3,(H,30,35)(H,33,34)/t23-,25-/m0/s1. The normalized spacial score (nSPS) is 20.5. The number of halogens is 1. The number of nitrogens with zero attached hydrogens (tertiary/aromatic N) is 2. The summed E-state index contributed by atoms with van der Waals surface area (Å²) in [4.78, 5) is 25.7. The number of carboxylic acids is 1. The Morgan fingerprint density at radius 2 is 1.85 bits per heavy atom. The first-order chi connectivity index (χ1) is 18.6. The van der Waals surface area contributed by atoms with E-state index in [1.165, 1.54) is 10.7 Å². The zero-order chi connectivity index (χ0) is 28.2. The summed E-state index contributed by atoms with van der Waals surface area (Å²) in [6, 6.07) is 11.5. The van der Waals surface area contributed by atoms with E-state index >= 15 is 0 Å². The highest BCUT2D eigenvalue weighted by Gasteiger charge is 2.41. The molecule has 2 aromatic carbocycles. The van der Waals surface area contributed by atoms with Gasteiger partial charge in [-0.15, -0.1) is 0 Å². The fourth-order valence-corrected chi connectivity index (χ4v) is 7.50. The van der Waals surface area contributed by atoms with Crippen LogP contribution >= 0.6 is 11.6 Å². The third-order valence-corrected chi connectivity index (χ3v) is 10.0. The Kier molecular flexibility index (Phi) is 9.40. The molecule has 0 spiro atoms. The van der Waals surface area contributed by atoms with Gasteiger partial charge in [-0.25, -0.2) is 18.0 Å². The minimum Gasteiger partial charge on any atom is -0.480 e. The quantitative estimate of drug-likeness (QED) is 0.443. The van der Waals surface area contributed by atoms with E-state index in [0.717, 1.165) is 31.4 Å². The Bertz CT molecular complexity index is 1280. The molecule has 1 aliphatic carbocycles. The number of carbonyl (C=O) groups is 2. The summed E-state index contributed by atoms with van der Waals surface area (Å²) in [7, 11) is -2.23. The highest BCUT2D eigenvalue weighted by molar-refractivity contribution is 7.89. The van der Waals surface area contributed by atoms with Gasteiger partial charge in [0.15, 0.2) is 0 Å². The lowest BCUT2D eigenvalue weighted by Gasteiger charge is -2.36. The third-order valence-electron chi connectivity index (χ3n) is 7.74. The molecule has 1 fully saturated rings. The van der Waals surface area contributed by atoms with Crippen LogP contribution in [0.1, 0.15) is 51.0 Å². The number of rotatable bonds is 8. The van der Waals surface area contributed by atoms with Crippen molar-refractivity contribution in [3.05, 3.63) is 53.1 Å². The number of aryl methyl sites for hydroxylation is 1. The lowest BCUT2D eigenvalue weighted by Crippen LogP contribution is -2.46. The predicted molar refractivity (Wildman–Crippen MR) is 150 cm³/mol. The molecule has 2 atom stereocenters. The molecule has 0 bridgehead atoms. The monoisotopic (exact) mass is 577 g/mol. The van der Waals surface area contributed by atoms with Crippen LogP contribution in [0.15, 0.2) is 47.4 Å². The van der Waals surface area contributed by atoms with E-state index in [4.69, 9.17) is 16.3 Å². The Labute approximate surface area is 235 Å². The van der Waals surface area contributed by atoms with Crippen LogP contribution in [-0.4, -0.2) is 62.2 Å². The van der Waals surface area contributed by atoms with E-state index in [-0.39, 0.29) is 36.3 Å². The maximum Gasteiger partial charge on any atom is 0.407 e. The highest BCUT2D eigenvalue weighted by Crippen LogP contribution is 2.42. The second-order valence-electron chi connectivity index (χ2n) is 10.1. The number of benzene rings is 2. The van der Waals surface area contributed by atoms with Crippen molar-refractivity contribution in [2.45, 2.75) is 68.8 Å². The molecule has 1 amide bonds. The van der Waals surface area contributed by atoms with Crippen molar-refractivity contribution in [2.75, 3.05) is 25.1 Å². The van der Waals surface area contributed by atoms with Crippen molar-refractivity contribution in [1.82, 2.24) is 9.62 Å². The van der Waals surface area contributed by atoms with Crippen molar-refractivity contribution in [3.8, 4) is 0 Å². The largest absolute Gasteiger partial charge is 0.480 e. The van der Waals surface area contributed by atoms with Crippen LogP contribution in [0.3, 0.4) is 0 Å². The van der Waals surface area contributed by atoms with Gasteiger partial charge in [0.05, 0.1) is 12.3 Å². The molecule has 9 nitrogen and oxygen atoms in total. The number of alkyl carbamates (subject to hydrolysis) is 1. The lowest BCUT2D eigenvalue weighted by atomic mass is 9.83. The number of likely N-dealkylation sites (N-methyl/N-ethyl adjacent to an activating group) is 1. The number of aliphatic carboxylic acids is 1. The number of para-hydroxylation sites is 1. The summed E-state index contributed by atoms with van der Waals surface area (Å²) in [5.41, 5.74) is 1.87. The zero-order valence-corrected chi connectivity index (χ0v) is 23.9. The van der Waals surface area contributed by atoms with Gasteiger partial charge in [-0.1, -0.05) is 49.1 Å². The van der Waals surface area contributed by atoms with Gasteiger partial charge in [0.25, 0.3) is 0 Å². The van der Waals surface area contributed by atoms with E-state index in [1.54, 1.807) is 26.1 Å². The van der Waals surface area contributed by atoms with Gasteiger partial charge in [-0.05, 0) is 68.4 Å². The Morgan fingerprint density at radius 1 is 1.15 bits per heavy atom. The van der Waals surface area contributed by atoms with E-state index < -0.39 is 28.1 Å². The lowest BCUT2D eigenvalue weighted by molar-refractivity contribution is -0.139. The number of anilines is 2. The first-order valence-electron chi connectivity index (χ1n) is 13.4. The number of carbonyl (C=O) groups excluding carboxylic acids is 1. The fraction of sp³-hybridized carbons (Fsp3) is 0.500. The molecule has 11 heteroatoms. The van der Waals surface area contributed by atoms with Crippen LogP contribution in [0, 0.1) is 5.92 Å². The van der Waals surface area contributed by atoms with E-state index in [0.29, 0.717) is 22.8 Å². The van der Waals surface area contributed by atoms with Crippen LogP contribution in [0.2, 0.25) is 5.02 Å². The molecule has 4 rings (SSSR count). The molecular formula is C28H36ClN3O6S. The summed E-state index contributed by atoms with van der Waals surface area (Å²) < 4.78 is 34.5. The highest BCUT2D eigenvalue weighted by atomic mass is 35.5. The van der Waals surface area contributed by atoms with E-state index in [9.17, 15) is 23.1 Å². The van der Waals surface area contributed by atoms with Crippen LogP contribution in [-0.2, 0) is 26.0 Å².